The van der Waals surface area contributed by atoms with E-state index < -0.39 is 11.8 Å². The van der Waals surface area contributed by atoms with Crippen molar-refractivity contribution in [3.63, 3.8) is 0 Å². The molecule has 1 aromatic rings. The Morgan fingerprint density at radius 3 is 2.50 bits per heavy atom. The lowest BCUT2D eigenvalue weighted by molar-refractivity contribution is -0.139. The summed E-state index contributed by atoms with van der Waals surface area (Å²) in [7, 11) is 0. The van der Waals surface area contributed by atoms with Crippen LogP contribution in [0.3, 0.4) is 0 Å². The fourth-order valence-corrected chi connectivity index (χ4v) is 1.37. The van der Waals surface area contributed by atoms with Crippen molar-refractivity contribution in [2.24, 2.45) is 5.73 Å². The van der Waals surface area contributed by atoms with E-state index in [0.717, 1.165) is 11.1 Å². The molecule has 0 aliphatic rings. The number of hydrogen-bond acceptors (Lipinski definition) is 4. The zero-order chi connectivity index (χ0) is 13.4. The van der Waals surface area contributed by atoms with E-state index >= 15 is 0 Å². The van der Waals surface area contributed by atoms with E-state index in [0.29, 0.717) is 0 Å². The first kappa shape index (κ1) is 14.1. The largest absolute Gasteiger partial charge is 0.392 e. The predicted octanol–water partition coefficient (Wildman–Crippen LogP) is -1.13. The average molecular weight is 251 g/mol. The Balaban J connectivity index is 2.44. The van der Waals surface area contributed by atoms with E-state index in [-0.39, 0.29) is 26.2 Å². The SMILES string of the molecule is NCCNC(=O)C(=O)NCc1cccc(CO)c1. The fraction of sp³-hybridized carbons (Fsp3) is 0.333. The van der Waals surface area contributed by atoms with Gasteiger partial charge in [0.2, 0.25) is 0 Å². The van der Waals surface area contributed by atoms with Crippen molar-refractivity contribution >= 4 is 11.8 Å². The van der Waals surface area contributed by atoms with Crippen molar-refractivity contribution in [3.05, 3.63) is 35.4 Å². The van der Waals surface area contributed by atoms with Gasteiger partial charge in [-0.15, -0.1) is 0 Å². The summed E-state index contributed by atoms with van der Waals surface area (Å²) < 4.78 is 0. The molecular formula is C12H17N3O3. The molecule has 0 spiro atoms. The number of aliphatic hydroxyl groups is 1. The average Bonchev–Trinajstić information content (AvgIpc) is 2.42. The summed E-state index contributed by atoms with van der Waals surface area (Å²) in [6, 6.07) is 7.12. The molecule has 0 aliphatic heterocycles. The monoisotopic (exact) mass is 251 g/mol. The van der Waals surface area contributed by atoms with Crippen LogP contribution < -0.4 is 16.4 Å². The van der Waals surface area contributed by atoms with E-state index in [9.17, 15) is 9.59 Å². The molecule has 0 aromatic heterocycles. The van der Waals surface area contributed by atoms with Crippen molar-refractivity contribution in [2.45, 2.75) is 13.2 Å². The molecule has 0 radical (unpaired) electrons. The number of carbonyl (C=O) groups is 2. The number of rotatable bonds is 5. The first-order valence-corrected chi connectivity index (χ1v) is 5.62. The highest BCUT2D eigenvalue weighted by Crippen LogP contribution is 2.04. The van der Waals surface area contributed by atoms with Crippen LogP contribution >= 0.6 is 0 Å². The summed E-state index contributed by atoms with van der Waals surface area (Å²) >= 11 is 0. The molecule has 5 N–H and O–H groups in total. The van der Waals surface area contributed by atoms with Crippen molar-refractivity contribution in [3.8, 4) is 0 Å². The summed E-state index contributed by atoms with van der Waals surface area (Å²) in [5, 5.41) is 13.8. The summed E-state index contributed by atoms with van der Waals surface area (Å²) in [5.41, 5.74) is 6.78. The standard InChI is InChI=1S/C12H17N3O3/c13-4-5-14-11(17)12(18)15-7-9-2-1-3-10(6-9)8-16/h1-3,6,16H,4-5,7-8,13H2,(H,14,17)(H,15,18). The van der Waals surface area contributed by atoms with Gasteiger partial charge in [0, 0.05) is 19.6 Å². The Labute approximate surface area is 105 Å². The lowest BCUT2D eigenvalue weighted by atomic mass is 10.1. The molecule has 0 bridgehead atoms. The Kier molecular flexibility index (Phi) is 5.83. The van der Waals surface area contributed by atoms with Crippen LogP contribution in [0.4, 0.5) is 0 Å². The molecule has 6 heteroatoms. The fourth-order valence-electron chi connectivity index (χ4n) is 1.37. The minimum Gasteiger partial charge on any atom is -0.392 e. The molecule has 1 aromatic carbocycles. The number of nitrogens with one attached hydrogen (secondary N) is 2. The molecule has 0 saturated heterocycles. The molecule has 0 heterocycles. The highest BCUT2D eigenvalue weighted by molar-refractivity contribution is 6.35. The van der Waals surface area contributed by atoms with Gasteiger partial charge in [-0.3, -0.25) is 9.59 Å². The van der Waals surface area contributed by atoms with Crippen molar-refractivity contribution in [2.75, 3.05) is 13.1 Å². The second kappa shape index (κ2) is 7.41. The highest BCUT2D eigenvalue weighted by Gasteiger charge is 2.11. The number of nitrogens with two attached hydrogens (primary N) is 1. The quantitative estimate of drug-likeness (QED) is 0.497. The maximum absolute atomic E-state index is 11.4. The smallest absolute Gasteiger partial charge is 0.309 e. The van der Waals surface area contributed by atoms with Crippen LogP contribution in [-0.4, -0.2) is 30.0 Å². The lowest BCUT2D eigenvalue weighted by Gasteiger charge is -2.06. The maximum atomic E-state index is 11.4. The van der Waals surface area contributed by atoms with Crippen molar-refractivity contribution in [1.29, 1.82) is 0 Å². The molecule has 0 atom stereocenters. The molecule has 2 amide bonds. The molecular weight excluding hydrogens is 234 g/mol. The molecule has 0 fully saturated rings. The topological polar surface area (TPSA) is 104 Å². The van der Waals surface area contributed by atoms with Crippen molar-refractivity contribution < 1.29 is 14.7 Å². The van der Waals surface area contributed by atoms with E-state index in [1.54, 1.807) is 24.3 Å². The first-order chi connectivity index (χ1) is 8.67. The summed E-state index contributed by atoms with van der Waals surface area (Å²) in [5.74, 6) is -1.39. The van der Waals surface area contributed by atoms with Gasteiger partial charge in [0.15, 0.2) is 0 Å². The number of amides is 2. The highest BCUT2D eigenvalue weighted by atomic mass is 16.3. The molecule has 98 valence electrons. The van der Waals surface area contributed by atoms with Gasteiger partial charge in [-0.1, -0.05) is 24.3 Å². The van der Waals surface area contributed by atoms with E-state index in [4.69, 9.17) is 10.8 Å². The Morgan fingerprint density at radius 2 is 1.83 bits per heavy atom. The molecule has 18 heavy (non-hydrogen) atoms. The van der Waals surface area contributed by atoms with Crippen LogP contribution in [0, 0.1) is 0 Å². The van der Waals surface area contributed by atoms with Gasteiger partial charge in [-0.2, -0.15) is 0 Å². The van der Waals surface area contributed by atoms with Gasteiger partial charge < -0.3 is 21.5 Å². The minimum absolute atomic E-state index is 0.0568. The van der Waals surface area contributed by atoms with E-state index in [2.05, 4.69) is 10.6 Å². The third-order valence-corrected chi connectivity index (χ3v) is 2.26. The summed E-state index contributed by atoms with van der Waals surface area (Å²) in [6.07, 6.45) is 0. The first-order valence-electron chi connectivity index (χ1n) is 5.62. The predicted molar refractivity (Wildman–Crippen MR) is 66.3 cm³/mol. The molecule has 6 nitrogen and oxygen atoms in total. The van der Waals surface area contributed by atoms with Crippen LogP contribution in [0.15, 0.2) is 24.3 Å². The summed E-state index contributed by atoms with van der Waals surface area (Å²) in [6.45, 7) is 0.741. The Hall–Kier alpha value is -1.92. The van der Waals surface area contributed by atoms with Gasteiger partial charge in [0.25, 0.3) is 0 Å². The lowest BCUT2D eigenvalue weighted by Crippen LogP contribution is -2.41. The second-order valence-electron chi connectivity index (χ2n) is 3.71. The zero-order valence-corrected chi connectivity index (χ0v) is 9.98. The molecule has 0 unspecified atom stereocenters. The van der Waals surface area contributed by atoms with Gasteiger partial charge in [0.05, 0.1) is 6.61 Å². The second-order valence-corrected chi connectivity index (χ2v) is 3.71. The molecule has 1 rings (SSSR count). The normalized spacial score (nSPS) is 9.89. The summed E-state index contributed by atoms with van der Waals surface area (Å²) in [4.78, 5) is 22.6. The number of aliphatic hydroxyl groups excluding tert-OH is 1. The van der Waals surface area contributed by atoms with Gasteiger partial charge in [-0.25, -0.2) is 0 Å². The van der Waals surface area contributed by atoms with Gasteiger partial charge in [-0.05, 0) is 11.1 Å². The van der Waals surface area contributed by atoms with Crippen LogP contribution in [0.2, 0.25) is 0 Å². The van der Waals surface area contributed by atoms with Crippen LogP contribution in [-0.2, 0) is 22.7 Å². The number of benzene rings is 1. The maximum Gasteiger partial charge on any atom is 0.309 e. The van der Waals surface area contributed by atoms with Gasteiger partial charge in [0.1, 0.15) is 0 Å². The van der Waals surface area contributed by atoms with E-state index in [1.807, 2.05) is 0 Å². The number of hydrogen-bond donors (Lipinski definition) is 4. The zero-order valence-electron chi connectivity index (χ0n) is 9.98. The molecule has 0 aliphatic carbocycles. The van der Waals surface area contributed by atoms with Crippen LogP contribution in [0.25, 0.3) is 0 Å². The van der Waals surface area contributed by atoms with E-state index in [1.165, 1.54) is 0 Å². The minimum atomic E-state index is -0.696. The van der Waals surface area contributed by atoms with Crippen LogP contribution in [0.5, 0.6) is 0 Å². The van der Waals surface area contributed by atoms with Crippen molar-refractivity contribution in [1.82, 2.24) is 10.6 Å². The Morgan fingerprint density at radius 1 is 1.17 bits per heavy atom. The Bertz CT molecular complexity index is 421. The third-order valence-electron chi connectivity index (χ3n) is 2.26. The molecule has 0 saturated carbocycles. The van der Waals surface area contributed by atoms with Crippen LogP contribution in [0.1, 0.15) is 11.1 Å². The van der Waals surface area contributed by atoms with Gasteiger partial charge >= 0.3 is 11.8 Å². The number of carbonyl (C=O) groups excluding carboxylic acids is 2. The third kappa shape index (κ3) is 4.52.